The first kappa shape index (κ1) is 23.9. The van der Waals surface area contributed by atoms with Crippen LogP contribution in [0.25, 0.3) is 0 Å². The van der Waals surface area contributed by atoms with Crippen LogP contribution in [0.3, 0.4) is 0 Å². The van der Waals surface area contributed by atoms with Crippen molar-refractivity contribution in [2.45, 2.75) is 43.7 Å². The van der Waals surface area contributed by atoms with Crippen LogP contribution in [0, 0.1) is 11.7 Å². The van der Waals surface area contributed by atoms with Crippen LogP contribution in [0.4, 0.5) is 4.39 Å². The molecule has 2 aromatic carbocycles. The maximum absolute atomic E-state index is 14.1. The van der Waals surface area contributed by atoms with Gasteiger partial charge < -0.3 is 4.74 Å². The summed E-state index contributed by atoms with van der Waals surface area (Å²) in [5.41, 5.74) is 0.280. The summed E-state index contributed by atoms with van der Waals surface area (Å²) >= 11 is 0. The van der Waals surface area contributed by atoms with Crippen LogP contribution in [0.1, 0.15) is 43.4 Å². The number of hydrogen-bond donors (Lipinski definition) is 2. The molecule has 0 amide bonds. The summed E-state index contributed by atoms with van der Waals surface area (Å²) < 4.78 is 49.7. The zero-order chi connectivity index (χ0) is 24.3. The zero-order valence-corrected chi connectivity index (χ0v) is 19.5. The maximum atomic E-state index is 14.1. The Morgan fingerprint density at radius 1 is 1.15 bits per heavy atom. The lowest BCUT2D eigenvalue weighted by Crippen LogP contribution is -2.29. The first-order chi connectivity index (χ1) is 16.2. The largest absolute Gasteiger partial charge is 0.490 e. The Labute approximate surface area is 196 Å². The number of benzene rings is 2. The molecule has 1 fully saturated rings. The maximum Gasteiger partial charge on any atom is 0.328 e. The molecule has 1 aliphatic carbocycles. The van der Waals surface area contributed by atoms with Gasteiger partial charge in [-0.2, -0.15) is 0 Å². The summed E-state index contributed by atoms with van der Waals surface area (Å²) in [6.07, 6.45) is 4.00. The van der Waals surface area contributed by atoms with E-state index in [-0.39, 0.29) is 17.2 Å². The van der Waals surface area contributed by atoms with Crippen molar-refractivity contribution < 1.29 is 17.5 Å². The van der Waals surface area contributed by atoms with Crippen molar-refractivity contribution in [1.82, 2.24) is 14.3 Å². The summed E-state index contributed by atoms with van der Waals surface area (Å²) in [5.74, 6) is 0.123. The normalized spacial score (nSPS) is 14.6. The minimum atomic E-state index is -3.86. The number of H-pyrrole nitrogens is 1. The topological polar surface area (TPSA) is 110 Å². The van der Waals surface area contributed by atoms with Crippen LogP contribution in [-0.4, -0.2) is 24.6 Å². The molecule has 1 aliphatic rings. The Hall–Kier alpha value is -3.24. The van der Waals surface area contributed by atoms with Gasteiger partial charge in [-0.15, -0.1) is 0 Å². The molecule has 1 aromatic heterocycles. The van der Waals surface area contributed by atoms with Gasteiger partial charge in [-0.25, -0.2) is 22.3 Å². The van der Waals surface area contributed by atoms with Gasteiger partial charge in [0.15, 0.2) is 11.6 Å². The molecule has 0 spiro atoms. The van der Waals surface area contributed by atoms with Crippen molar-refractivity contribution in [2.75, 3.05) is 6.61 Å². The predicted molar refractivity (Wildman–Crippen MR) is 125 cm³/mol. The van der Waals surface area contributed by atoms with Gasteiger partial charge in [0.25, 0.3) is 5.56 Å². The number of hydrogen-bond acceptors (Lipinski definition) is 5. The summed E-state index contributed by atoms with van der Waals surface area (Å²) in [7, 11) is -3.86. The first-order valence-electron chi connectivity index (χ1n) is 11.1. The molecule has 0 bridgehead atoms. The van der Waals surface area contributed by atoms with Crippen LogP contribution < -0.4 is 20.7 Å². The van der Waals surface area contributed by atoms with Crippen LogP contribution >= 0.6 is 0 Å². The molecule has 8 nitrogen and oxygen atoms in total. The zero-order valence-electron chi connectivity index (χ0n) is 18.7. The van der Waals surface area contributed by atoms with Crippen molar-refractivity contribution in [1.29, 1.82) is 0 Å². The average molecular weight is 488 g/mol. The first-order valence-corrected chi connectivity index (χ1v) is 12.6. The molecule has 34 heavy (non-hydrogen) atoms. The molecular weight excluding hydrogens is 461 g/mol. The number of ether oxygens (including phenoxy) is 1. The molecule has 0 aliphatic heterocycles. The van der Waals surface area contributed by atoms with Crippen molar-refractivity contribution >= 4 is 10.0 Å². The fourth-order valence-corrected chi connectivity index (χ4v) is 4.83. The molecule has 0 radical (unpaired) electrons. The van der Waals surface area contributed by atoms with Crippen LogP contribution in [0.2, 0.25) is 0 Å². The Kier molecular flexibility index (Phi) is 6.99. The Morgan fingerprint density at radius 3 is 2.53 bits per heavy atom. The Morgan fingerprint density at radius 2 is 1.88 bits per heavy atom. The molecule has 180 valence electrons. The van der Waals surface area contributed by atoms with Crippen LogP contribution in [0.15, 0.2) is 69.2 Å². The molecule has 1 atom stereocenters. The van der Waals surface area contributed by atoms with Gasteiger partial charge in [-0.1, -0.05) is 25.1 Å². The van der Waals surface area contributed by atoms with Crippen molar-refractivity contribution in [2.24, 2.45) is 5.92 Å². The molecule has 1 heterocycles. The van der Waals surface area contributed by atoms with E-state index in [0.717, 1.165) is 12.8 Å². The average Bonchev–Trinajstić information content (AvgIpc) is 3.64. The Balaban J connectivity index is 1.48. The molecule has 2 N–H and O–H groups in total. The van der Waals surface area contributed by atoms with E-state index in [1.165, 1.54) is 35.0 Å². The molecular formula is C24H26FN3O5S. The van der Waals surface area contributed by atoms with Gasteiger partial charge >= 0.3 is 5.69 Å². The van der Waals surface area contributed by atoms with Gasteiger partial charge in [0.1, 0.15) is 0 Å². The highest BCUT2D eigenvalue weighted by molar-refractivity contribution is 7.89. The van der Waals surface area contributed by atoms with Gasteiger partial charge in [0.2, 0.25) is 10.0 Å². The highest BCUT2D eigenvalue weighted by Crippen LogP contribution is 2.31. The van der Waals surface area contributed by atoms with Gasteiger partial charge in [0, 0.05) is 18.3 Å². The fraction of sp³-hybridized carbons (Fsp3) is 0.333. The van der Waals surface area contributed by atoms with E-state index in [4.69, 9.17) is 4.74 Å². The number of aromatic amines is 1. The Bertz CT molecular complexity index is 1380. The second-order valence-corrected chi connectivity index (χ2v) is 10.1. The predicted octanol–water partition coefficient (Wildman–Crippen LogP) is 2.94. The third-order valence-corrected chi connectivity index (χ3v) is 7.21. The van der Waals surface area contributed by atoms with E-state index in [0.29, 0.717) is 30.1 Å². The molecule has 4 rings (SSSR count). The number of nitrogens with one attached hydrogen (secondary N) is 2. The second-order valence-electron chi connectivity index (χ2n) is 8.41. The summed E-state index contributed by atoms with van der Waals surface area (Å²) in [4.78, 5) is 25.3. The lowest BCUT2D eigenvalue weighted by molar-refractivity contribution is 0.284. The van der Waals surface area contributed by atoms with Gasteiger partial charge in [-0.05, 0) is 60.6 Å². The standard InChI is InChI=1S/C24H26FN3O5S/c1-2-21(18-7-10-20(25)22(13-18)33-15-17-3-4-17)27-34(31,32)19-8-5-16(6-9-19)14-28-12-11-23(29)26-24(28)30/h5-13,17,21,27H,2-4,14-15H2,1H3,(H,26,29,30). The summed E-state index contributed by atoms with van der Waals surface area (Å²) in [6.45, 7) is 2.48. The van der Waals surface area contributed by atoms with Gasteiger partial charge in [-0.3, -0.25) is 14.3 Å². The van der Waals surface area contributed by atoms with E-state index < -0.39 is 33.1 Å². The van der Waals surface area contributed by atoms with E-state index in [1.54, 1.807) is 24.3 Å². The van der Waals surface area contributed by atoms with Crippen molar-refractivity contribution in [3.63, 3.8) is 0 Å². The smallest absolute Gasteiger partial charge is 0.328 e. The van der Waals surface area contributed by atoms with Crippen molar-refractivity contribution in [3.8, 4) is 5.75 Å². The monoisotopic (exact) mass is 487 g/mol. The van der Waals surface area contributed by atoms with E-state index >= 15 is 0 Å². The molecule has 1 unspecified atom stereocenters. The number of halogens is 1. The lowest BCUT2D eigenvalue weighted by atomic mass is 10.1. The van der Waals surface area contributed by atoms with E-state index in [9.17, 15) is 22.4 Å². The minimum Gasteiger partial charge on any atom is -0.490 e. The lowest BCUT2D eigenvalue weighted by Gasteiger charge is -2.19. The molecule has 3 aromatic rings. The number of sulfonamides is 1. The quantitative estimate of drug-likeness (QED) is 0.457. The molecule has 10 heteroatoms. The molecule has 0 saturated heterocycles. The second kappa shape index (κ2) is 9.94. The van der Waals surface area contributed by atoms with Crippen LogP contribution in [-0.2, 0) is 16.6 Å². The highest BCUT2D eigenvalue weighted by atomic mass is 32.2. The highest BCUT2D eigenvalue weighted by Gasteiger charge is 2.24. The van der Waals surface area contributed by atoms with Gasteiger partial charge in [0.05, 0.1) is 18.0 Å². The minimum absolute atomic E-state index is 0.0656. The number of rotatable bonds is 10. The number of nitrogens with zero attached hydrogens (tertiary/aromatic N) is 1. The molecule has 1 saturated carbocycles. The van der Waals surface area contributed by atoms with Crippen LogP contribution in [0.5, 0.6) is 5.75 Å². The SMILES string of the molecule is CCC(NS(=O)(=O)c1ccc(Cn2ccc(=O)[nH]c2=O)cc1)c1ccc(F)c(OCC2CC2)c1. The third kappa shape index (κ3) is 5.81. The van der Waals surface area contributed by atoms with Crippen molar-refractivity contribution in [3.05, 3.63) is 92.5 Å². The number of aromatic nitrogens is 2. The van der Waals surface area contributed by atoms with E-state index in [2.05, 4.69) is 9.71 Å². The summed E-state index contributed by atoms with van der Waals surface area (Å²) in [5, 5.41) is 0. The fourth-order valence-electron chi connectivity index (χ4n) is 3.52. The summed E-state index contributed by atoms with van der Waals surface area (Å²) in [6, 6.07) is 11.2. The van der Waals surface area contributed by atoms with E-state index in [1.807, 2.05) is 6.92 Å². The third-order valence-electron chi connectivity index (χ3n) is 5.72.